The molecule has 3 aromatic rings. The van der Waals surface area contributed by atoms with Crippen LogP contribution in [0.4, 0.5) is 18.0 Å². The molecule has 13 heteroatoms. The number of ether oxygens (including phenoxy) is 3. The second-order valence-electron chi connectivity index (χ2n) is 11.8. The van der Waals surface area contributed by atoms with Crippen LogP contribution in [0.3, 0.4) is 0 Å². The number of rotatable bonds is 9. The number of nitrogens with one attached hydrogen (secondary N) is 1. The first-order chi connectivity index (χ1) is 21.7. The van der Waals surface area contributed by atoms with Crippen molar-refractivity contribution in [1.29, 1.82) is 0 Å². The number of fused-ring (bicyclic) bond motifs is 1. The van der Waals surface area contributed by atoms with Crippen molar-refractivity contribution in [3.05, 3.63) is 77.6 Å². The van der Waals surface area contributed by atoms with Gasteiger partial charge in [0.2, 0.25) is 0 Å². The Morgan fingerprint density at radius 2 is 1.76 bits per heavy atom. The molecule has 4 atom stereocenters. The Kier molecular flexibility index (Phi) is 8.99. The maximum Gasteiger partial charge on any atom is 0.434 e. The van der Waals surface area contributed by atoms with Crippen LogP contribution < -0.4 is 10.1 Å². The summed E-state index contributed by atoms with van der Waals surface area (Å²) in [5.41, 5.74) is -0.515. The van der Waals surface area contributed by atoms with Crippen molar-refractivity contribution in [3.8, 4) is 11.4 Å². The second-order valence-corrected chi connectivity index (χ2v) is 11.8. The molecule has 2 amide bonds. The monoisotopic (exact) mass is 627 g/mol. The Bertz CT molecular complexity index is 1480. The molecule has 10 nitrogen and oxygen atoms in total. The Balaban J connectivity index is 1.08. The van der Waals surface area contributed by atoms with Crippen LogP contribution in [0.1, 0.15) is 40.5 Å². The standard InChI is InChI=1S/C32H36F3N5O5/c1-43-28-10-6-5-9-27(28)40-29(32(33,34)35)25(15-36-40)30(41)39-18-22-16-38(17-23(22)19-39)13-11-26(21-7-3-2-4-8-21)37-31(42)45-24-12-14-44-20-24/h2-10,15,22-24,26H,11-14,16-20H2,1H3,(H,37,42)/t22-,23?,24?,26?/m0/s1. The number of nitrogens with zero attached hydrogens (tertiary/aromatic N) is 4. The number of carbonyl (C=O) groups excluding carboxylic acids is 2. The molecule has 0 bridgehead atoms. The van der Waals surface area contributed by atoms with E-state index in [-0.39, 0.29) is 35.4 Å². The van der Waals surface area contributed by atoms with E-state index in [0.717, 1.165) is 16.4 Å². The minimum absolute atomic E-state index is 0.101. The van der Waals surface area contributed by atoms with Crippen molar-refractivity contribution < 1.29 is 37.0 Å². The van der Waals surface area contributed by atoms with Gasteiger partial charge in [-0.15, -0.1) is 0 Å². The number of hydrogen-bond acceptors (Lipinski definition) is 7. The molecule has 6 rings (SSSR count). The highest BCUT2D eigenvalue weighted by Crippen LogP contribution is 2.38. The molecular formula is C32H36F3N5O5. The van der Waals surface area contributed by atoms with Crippen LogP contribution in [0.2, 0.25) is 0 Å². The number of para-hydroxylation sites is 2. The van der Waals surface area contributed by atoms with Gasteiger partial charge in [0.25, 0.3) is 5.91 Å². The molecule has 1 N–H and O–H groups in total. The quantitative estimate of drug-likeness (QED) is 0.372. The number of aromatic nitrogens is 2. The molecule has 3 fully saturated rings. The van der Waals surface area contributed by atoms with Gasteiger partial charge in [-0.2, -0.15) is 18.3 Å². The zero-order chi connectivity index (χ0) is 31.6. The lowest BCUT2D eigenvalue weighted by atomic mass is 10.0. The molecule has 3 aliphatic rings. The van der Waals surface area contributed by atoms with Gasteiger partial charge in [0.1, 0.15) is 17.5 Å². The second kappa shape index (κ2) is 13.1. The number of likely N-dealkylation sites (tertiary alicyclic amines) is 2. The topological polar surface area (TPSA) is 98.2 Å². The molecule has 0 aliphatic carbocycles. The Morgan fingerprint density at radius 3 is 2.42 bits per heavy atom. The predicted molar refractivity (Wildman–Crippen MR) is 157 cm³/mol. The lowest BCUT2D eigenvalue weighted by molar-refractivity contribution is -0.143. The molecule has 0 saturated carbocycles. The molecular weight excluding hydrogens is 591 g/mol. The summed E-state index contributed by atoms with van der Waals surface area (Å²) in [7, 11) is 1.37. The van der Waals surface area contributed by atoms with Crippen LogP contribution in [0.5, 0.6) is 5.75 Å². The summed E-state index contributed by atoms with van der Waals surface area (Å²) in [5.74, 6) is -0.180. The number of methoxy groups -OCH3 is 1. The van der Waals surface area contributed by atoms with Gasteiger partial charge in [-0.05, 0) is 36.0 Å². The van der Waals surface area contributed by atoms with Crippen LogP contribution in [0, 0.1) is 11.8 Å². The van der Waals surface area contributed by atoms with Crippen molar-refractivity contribution in [3.63, 3.8) is 0 Å². The maximum absolute atomic E-state index is 14.3. The number of alkyl carbamates (subject to hydrolysis) is 1. The summed E-state index contributed by atoms with van der Waals surface area (Å²) >= 11 is 0. The van der Waals surface area contributed by atoms with E-state index in [2.05, 4.69) is 15.3 Å². The summed E-state index contributed by atoms with van der Waals surface area (Å²) in [6.45, 7) is 3.86. The van der Waals surface area contributed by atoms with E-state index < -0.39 is 29.4 Å². The summed E-state index contributed by atoms with van der Waals surface area (Å²) < 4.78 is 59.8. The minimum atomic E-state index is -4.81. The van der Waals surface area contributed by atoms with Crippen molar-refractivity contribution >= 4 is 12.0 Å². The first-order valence-corrected chi connectivity index (χ1v) is 15.1. The van der Waals surface area contributed by atoms with Crippen LogP contribution in [0.25, 0.3) is 5.69 Å². The average Bonchev–Trinajstić information content (AvgIpc) is 3.83. The molecule has 1 aromatic heterocycles. The van der Waals surface area contributed by atoms with E-state index in [4.69, 9.17) is 14.2 Å². The van der Waals surface area contributed by atoms with Gasteiger partial charge in [0.05, 0.1) is 38.1 Å². The third kappa shape index (κ3) is 6.79. The largest absolute Gasteiger partial charge is 0.494 e. The Hall–Kier alpha value is -4.10. The predicted octanol–water partition coefficient (Wildman–Crippen LogP) is 4.55. The smallest absolute Gasteiger partial charge is 0.434 e. The van der Waals surface area contributed by atoms with Crippen LogP contribution >= 0.6 is 0 Å². The van der Waals surface area contributed by atoms with Crippen LogP contribution in [-0.4, -0.2) is 90.7 Å². The van der Waals surface area contributed by atoms with Crippen LogP contribution in [-0.2, 0) is 15.7 Å². The highest BCUT2D eigenvalue weighted by atomic mass is 19.4. The fraction of sp³-hybridized carbons (Fsp3) is 0.469. The highest BCUT2D eigenvalue weighted by molar-refractivity contribution is 5.95. The molecule has 240 valence electrons. The Morgan fingerprint density at radius 1 is 1.04 bits per heavy atom. The van der Waals surface area contributed by atoms with E-state index in [1.165, 1.54) is 18.1 Å². The minimum Gasteiger partial charge on any atom is -0.494 e. The van der Waals surface area contributed by atoms with Crippen molar-refractivity contribution in [2.75, 3.05) is 53.0 Å². The maximum atomic E-state index is 14.3. The molecule has 3 saturated heterocycles. The molecule has 0 spiro atoms. The number of benzene rings is 2. The third-order valence-electron chi connectivity index (χ3n) is 8.82. The molecule has 3 unspecified atom stereocenters. The first-order valence-electron chi connectivity index (χ1n) is 15.1. The normalized spacial score (nSPS) is 22.3. The molecule has 3 aliphatic heterocycles. The van der Waals surface area contributed by atoms with E-state index in [1.54, 1.807) is 18.2 Å². The van der Waals surface area contributed by atoms with Gasteiger partial charge in [-0.1, -0.05) is 42.5 Å². The van der Waals surface area contributed by atoms with Gasteiger partial charge in [-0.3, -0.25) is 4.79 Å². The van der Waals surface area contributed by atoms with E-state index in [1.807, 2.05) is 30.3 Å². The van der Waals surface area contributed by atoms with Crippen molar-refractivity contribution in [2.24, 2.45) is 11.8 Å². The highest BCUT2D eigenvalue weighted by Gasteiger charge is 2.46. The van der Waals surface area contributed by atoms with Gasteiger partial charge < -0.3 is 29.3 Å². The zero-order valence-corrected chi connectivity index (χ0v) is 24.9. The molecule has 4 heterocycles. The lowest BCUT2D eigenvalue weighted by Gasteiger charge is -2.25. The number of halogens is 3. The fourth-order valence-corrected chi connectivity index (χ4v) is 6.63. The molecule has 45 heavy (non-hydrogen) atoms. The number of hydrogen-bond donors (Lipinski definition) is 1. The number of amides is 2. The van der Waals surface area contributed by atoms with Gasteiger partial charge in [-0.25, -0.2) is 9.48 Å². The summed E-state index contributed by atoms with van der Waals surface area (Å²) in [6, 6.07) is 15.7. The van der Waals surface area contributed by atoms with Gasteiger partial charge in [0, 0.05) is 39.1 Å². The third-order valence-corrected chi connectivity index (χ3v) is 8.82. The fourth-order valence-electron chi connectivity index (χ4n) is 6.63. The SMILES string of the molecule is COc1ccccc1-n1ncc(C(=O)N2CC3CN(CCC(NC(=O)OC4CCOC4)c4ccccc4)C[C@H]3C2)c1C(F)(F)F. The van der Waals surface area contributed by atoms with Crippen molar-refractivity contribution in [2.45, 2.75) is 31.2 Å². The van der Waals surface area contributed by atoms with Crippen molar-refractivity contribution in [1.82, 2.24) is 24.9 Å². The first kappa shape index (κ1) is 30.9. The summed E-state index contributed by atoms with van der Waals surface area (Å²) in [5, 5.41) is 6.98. The molecule has 0 radical (unpaired) electrons. The van der Waals surface area contributed by atoms with E-state index >= 15 is 0 Å². The average molecular weight is 628 g/mol. The van der Waals surface area contributed by atoms with Gasteiger partial charge in [0.15, 0.2) is 5.69 Å². The zero-order valence-electron chi connectivity index (χ0n) is 24.9. The summed E-state index contributed by atoms with van der Waals surface area (Å²) in [4.78, 5) is 29.9. The summed E-state index contributed by atoms with van der Waals surface area (Å²) in [6.07, 6.45) is -3.19. The number of carbonyl (C=O) groups is 2. The molecule has 2 aromatic carbocycles. The Labute approximate surface area is 259 Å². The van der Waals surface area contributed by atoms with Crippen LogP contribution in [0.15, 0.2) is 60.8 Å². The van der Waals surface area contributed by atoms with E-state index in [9.17, 15) is 22.8 Å². The number of alkyl halides is 3. The van der Waals surface area contributed by atoms with E-state index in [0.29, 0.717) is 58.8 Å². The lowest BCUT2D eigenvalue weighted by Crippen LogP contribution is -2.36. The van der Waals surface area contributed by atoms with Gasteiger partial charge >= 0.3 is 12.3 Å².